The van der Waals surface area contributed by atoms with E-state index in [-0.39, 0.29) is 29.5 Å². The minimum atomic E-state index is 0. The summed E-state index contributed by atoms with van der Waals surface area (Å²) in [5.74, 6) is 0.637. The lowest BCUT2D eigenvalue weighted by Crippen LogP contribution is -2.46. The number of hydrogen-bond acceptors (Lipinski definition) is 3. The van der Waals surface area contributed by atoms with Gasteiger partial charge in [-0.05, 0) is 27.9 Å². The molecular weight excluding hydrogens is 331 g/mol. The average Bonchev–Trinajstić information content (AvgIpc) is 2.27. The molecule has 0 radical (unpaired) electrons. The number of hydrogen-bond donors (Lipinski definition) is 1. The quantitative estimate of drug-likeness (QED) is 0.457. The molecule has 6 heteroatoms. The van der Waals surface area contributed by atoms with E-state index in [1.54, 1.807) is 0 Å². The minimum Gasteiger partial charge on any atom is -0.378 e. The van der Waals surface area contributed by atoms with Crippen LogP contribution >= 0.6 is 24.0 Å². The summed E-state index contributed by atoms with van der Waals surface area (Å²) in [6, 6.07) is 0. The third-order valence-electron chi connectivity index (χ3n) is 3.17. The molecule has 0 bridgehead atoms. The van der Waals surface area contributed by atoms with Crippen LogP contribution in [0.2, 0.25) is 0 Å². The molecule has 0 amide bonds. The number of halogens is 1. The highest BCUT2D eigenvalue weighted by atomic mass is 127. The first kappa shape index (κ1) is 16.9. The summed E-state index contributed by atoms with van der Waals surface area (Å²) in [7, 11) is 4.11. The molecule has 0 unspecified atom stereocenters. The summed E-state index contributed by atoms with van der Waals surface area (Å²) in [6.07, 6.45) is 0. The molecule has 0 spiro atoms. The van der Waals surface area contributed by atoms with Gasteiger partial charge in [-0.3, -0.25) is 4.99 Å². The van der Waals surface area contributed by atoms with E-state index in [2.05, 4.69) is 42.7 Å². The van der Waals surface area contributed by atoms with E-state index >= 15 is 0 Å². The molecule has 1 fully saturated rings. The summed E-state index contributed by atoms with van der Waals surface area (Å²) in [5.41, 5.74) is 6.00. The first-order valence-electron chi connectivity index (χ1n) is 5.73. The van der Waals surface area contributed by atoms with E-state index < -0.39 is 0 Å². The second-order valence-corrected chi connectivity index (χ2v) is 4.98. The van der Waals surface area contributed by atoms with E-state index in [9.17, 15) is 0 Å². The number of aliphatic imine (C=N–C) groups is 1. The zero-order valence-electron chi connectivity index (χ0n) is 11.3. The first-order valence-corrected chi connectivity index (χ1v) is 5.73. The molecule has 0 aromatic rings. The van der Waals surface area contributed by atoms with Gasteiger partial charge in [0.1, 0.15) is 0 Å². The molecule has 1 rings (SSSR count). The lowest BCUT2D eigenvalue weighted by Gasteiger charge is -2.32. The van der Waals surface area contributed by atoms with Gasteiger partial charge in [0, 0.05) is 18.6 Å². The number of morpholine rings is 1. The fourth-order valence-corrected chi connectivity index (χ4v) is 1.31. The van der Waals surface area contributed by atoms with Crippen molar-refractivity contribution < 1.29 is 4.74 Å². The number of rotatable bonds is 3. The second kappa shape index (κ2) is 7.38. The Kier molecular flexibility index (Phi) is 7.34. The maximum Gasteiger partial charge on any atom is 0.191 e. The molecule has 1 saturated heterocycles. The van der Waals surface area contributed by atoms with E-state index in [4.69, 9.17) is 10.5 Å². The number of ether oxygens (including phenoxy) is 1. The third kappa shape index (κ3) is 5.39. The smallest absolute Gasteiger partial charge is 0.191 e. The predicted molar refractivity (Wildman–Crippen MR) is 82.1 cm³/mol. The van der Waals surface area contributed by atoms with Crippen LogP contribution in [0.1, 0.15) is 13.8 Å². The standard InChI is InChI=1S/C11H24N4O.HI/c1-11(2,14(3)4)9-13-10(12)15-5-7-16-8-6-15;/h5-9H2,1-4H3,(H2,12,13);1H. The molecule has 0 aliphatic carbocycles. The van der Waals surface area contributed by atoms with Crippen molar-refractivity contribution in [3.8, 4) is 0 Å². The highest BCUT2D eigenvalue weighted by Gasteiger charge is 2.20. The maximum atomic E-state index is 5.96. The molecule has 2 N–H and O–H groups in total. The molecule has 1 aliphatic heterocycles. The lowest BCUT2D eigenvalue weighted by atomic mass is 10.1. The molecule has 0 aromatic carbocycles. The van der Waals surface area contributed by atoms with Gasteiger partial charge in [-0.2, -0.15) is 0 Å². The molecule has 17 heavy (non-hydrogen) atoms. The van der Waals surface area contributed by atoms with Crippen LogP contribution < -0.4 is 5.73 Å². The Balaban J connectivity index is 0.00000256. The van der Waals surface area contributed by atoms with Crippen molar-refractivity contribution >= 4 is 29.9 Å². The molecule has 102 valence electrons. The maximum absolute atomic E-state index is 5.96. The lowest BCUT2D eigenvalue weighted by molar-refractivity contribution is 0.0672. The largest absolute Gasteiger partial charge is 0.378 e. The summed E-state index contributed by atoms with van der Waals surface area (Å²) in [4.78, 5) is 8.70. The molecule has 1 aliphatic rings. The van der Waals surface area contributed by atoms with Gasteiger partial charge in [0.2, 0.25) is 0 Å². The van der Waals surface area contributed by atoms with Gasteiger partial charge in [-0.15, -0.1) is 24.0 Å². The molecule has 0 aromatic heterocycles. The Bertz CT molecular complexity index is 250. The Hall–Kier alpha value is -0.0800. The third-order valence-corrected chi connectivity index (χ3v) is 3.17. The Labute approximate surface area is 121 Å². The monoisotopic (exact) mass is 356 g/mol. The molecule has 0 atom stereocenters. The second-order valence-electron chi connectivity index (χ2n) is 4.98. The topological polar surface area (TPSA) is 54.1 Å². The van der Waals surface area contributed by atoms with Crippen molar-refractivity contribution in [2.45, 2.75) is 19.4 Å². The van der Waals surface area contributed by atoms with Crippen LogP contribution in [0.15, 0.2) is 4.99 Å². The number of nitrogens with two attached hydrogens (primary N) is 1. The fraction of sp³-hybridized carbons (Fsp3) is 0.909. The van der Waals surface area contributed by atoms with Gasteiger partial charge >= 0.3 is 0 Å². The van der Waals surface area contributed by atoms with Gasteiger partial charge < -0.3 is 20.3 Å². The summed E-state index contributed by atoms with van der Waals surface area (Å²) < 4.78 is 5.27. The van der Waals surface area contributed by atoms with Crippen LogP contribution in [-0.4, -0.2) is 68.2 Å². The predicted octanol–water partition coefficient (Wildman–Crippen LogP) is 0.591. The number of likely N-dealkylation sites (N-methyl/N-ethyl adjacent to an activating group) is 1. The number of nitrogens with zero attached hydrogens (tertiary/aromatic N) is 3. The number of guanidine groups is 1. The summed E-state index contributed by atoms with van der Waals surface area (Å²) in [6.45, 7) is 8.20. The van der Waals surface area contributed by atoms with Crippen molar-refractivity contribution in [3.05, 3.63) is 0 Å². The Morgan fingerprint density at radius 1 is 1.35 bits per heavy atom. The zero-order chi connectivity index (χ0) is 12.2. The van der Waals surface area contributed by atoms with Crippen molar-refractivity contribution in [1.82, 2.24) is 9.80 Å². The first-order chi connectivity index (χ1) is 7.43. The SMILES string of the molecule is CN(C)C(C)(C)CN=C(N)N1CCOCC1.I. The Morgan fingerprint density at radius 3 is 2.35 bits per heavy atom. The molecular formula is C11H25IN4O. The zero-order valence-corrected chi connectivity index (χ0v) is 13.6. The van der Waals surface area contributed by atoms with Crippen molar-refractivity contribution in [2.24, 2.45) is 10.7 Å². The van der Waals surface area contributed by atoms with Gasteiger partial charge in [0.15, 0.2) is 5.96 Å². The molecule has 1 heterocycles. The highest BCUT2D eigenvalue weighted by Crippen LogP contribution is 2.10. The van der Waals surface area contributed by atoms with E-state index in [1.165, 1.54) is 0 Å². The normalized spacial score (nSPS) is 18.2. The molecule has 5 nitrogen and oxygen atoms in total. The van der Waals surface area contributed by atoms with Gasteiger partial charge in [0.25, 0.3) is 0 Å². The van der Waals surface area contributed by atoms with E-state index in [1.807, 2.05) is 0 Å². The van der Waals surface area contributed by atoms with Crippen molar-refractivity contribution in [3.63, 3.8) is 0 Å². The van der Waals surface area contributed by atoms with Gasteiger partial charge in [-0.25, -0.2) is 0 Å². The van der Waals surface area contributed by atoms with Crippen molar-refractivity contribution in [2.75, 3.05) is 46.9 Å². The van der Waals surface area contributed by atoms with Crippen LogP contribution in [0.25, 0.3) is 0 Å². The summed E-state index contributed by atoms with van der Waals surface area (Å²) in [5, 5.41) is 0. The van der Waals surface area contributed by atoms with Crippen LogP contribution in [0.4, 0.5) is 0 Å². The van der Waals surface area contributed by atoms with Crippen LogP contribution in [0.5, 0.6) is 0 Å². The van der Waals surface area contributed by atoms with Crippen molar-refractivity contribution in [1.29, 1.82) is 0 Å². The van der Waals surface area contributed by atoms with E-state index in [0.717, 1.165) is 26.3 Å². The van der Waals surface area contributed by atoms with Gasteiger partial charge in [-0.1, -0.05) is 0 Å². The van der Waals surface area contributed by atoms with Crippen LogP contribution in [0.3, 0.4) is 0 Å². The summed E-state index contributed by atoms with van der Waals surface area (Å²) >= 11 is 0. The van der Waals surface area contributed by atoms with E-state index in [0.29, 0.717) is 12.5 Å². The van der Waals surface area contributed by atoms with Crippen LogP contribution in [0, 0.1) is 0 Å². The van der Waals surface area contributed by atoms with Crippen LogP contribution in [-0.2, 0) is 4.74 Å². The Morgan fingerprint density at radius 2 is 1.88 bits per heavy atom. The molecule has 0 saturated carbocycles. The highest BCUT2D eigenvalue weighted by molar-refractivity contribution is 14.0. The minimum absolute atomic E-state index is 0. The average molecular weight is 356 g/mol. The van der Waals surface area contributed by atoms with Gasteiger partial charge in [0.05, 0.1) is 19.8 Å². The fourth-order valence-electron chi connectivity index (χ4n) is 1.31.